The minimum atomic E-state index is -0.916. The Hall–Kier alpha value is -12.4. The van der Waals surface area contributed by atoms with Crippen LogP contribution >= 0.6 is 23.5 Å². The van der Waals surface area contributed by atoms with Gasteiger partial charge in [0.25, 0.3) is 0 Å². The van der Waals surface area contributed by atoms with Crippen LogP contribution < -0.4 is 0 Å². The molecule has 13 aromatic carbocycles. The molecule has 4 heterocycles. The van der Waals surface area contributed by atoms with Crippen LogP contribution in [-0.4, -0.2) is 29.9 Å². The highest BCUT2D eigenvalue weighted by molar-refractivity contribution is 8.00. The molecule has 2 aliphatic carbocycles. The molecule has 0 saturated carbocycles. The van der Waals surface area contributed by atoms with Gasteiger partial charge in [-0.2, -0.15) is 10.5 Å². The summed E-state index contributed by atoms with van der Waals surface area (Å²) in [6.45, 7) is 0. The van der Waals surface area contributed by atoms with E-state index in [1.807, 2.05) is 109 Å². The van der Waals surface area contributed by atoms with Crippen LogP contribution in [0.4, 0.5) is 0 Å². The van der Waals surface area contributed by atoms with Crippen LogP contribution in [0.15, 0.2) is 323 Å². The molecule has 0 amide bonds. The fourth-order valence-electron chi connectivity index (χ4n) is 15.6. The predicted molar refractivity (Wildman–Crippen MR) is 389 cm³/mol. The van der Waals surface area contributed by atoms with Gasteiger partial charge in [0.2, 0.25) is 0 Å². The Bertz CT molecular complexity index is 5760. The second-order valence-electron chi connectivity index (χ2n) is 25.0. The molecular weight excluding hydrogens is 1230 g/mol. The van der Waals surface area contributed by atoms with Crippen molar-refractivity contribution >= 4 is 23.5 Å². The van der Waals surface area contributed by atoms with Crippen molar-refractivity contribution in [3.05, 3.63) is 359 Å². The fraction of sp³-hybridized carbons (Fsp3) is 0.0227. The zero-order chi connectivity index (χ0) is 65.1. The Morgan fingerprint density at radius 2 is 0.592 bits per heavy atom. The molecule has 4 aliphatic rings. The molecule has 98 heavy (non-hydrogen) atoms. The van der Waals surface area contributed by atoms with Crippen molar-refractivity contribution in [1.29, 1.82) is 10.5 Å². The van der Waals surface area contributed by atoms with Gasteiger partial charge in [-0.3, -0.25) is 0 Å². The lowest BCUT2D eigenvalue weighted by atomic mass is 9.66. The largest absolute Gasteiger partial charge is 0.208 e. The molecule has 2 spiro atoms. The Balaban J connectivity index is 0.875. The third kappa shape index (κ3) is 8.72. The first kappa shape index (κ1) is 57.0. The molecule has 1 atom stereocenters. The van der Waals surface area contributed by atoms with Crippen LogP contribution in [-0.2, 0) is 10.8 Å². The molecular formula is C88H50N8S2. The van der Waals surface area contributed by atoms with Crippen LogP contribution in [0.1, 0.15) is 55.6 Å². The first-order valence-corrected chi connectivity index (χ1v) is 34.1. The maximum Gasteiger partial charge on any atom is 0.164 e. The molecule has 0 saturated heterocycles. The quantitative estimate of drug-likeness (QED) is 0.145. The molecule has 2 aromatic heterocycles. The third-order valence-corrected chi connectivity index (χ3v) is 22.1. The van der Waals surface area contributed by atoms with E-state index in [9.17, 15) is 10.5 Å². The highest BCUT2D eigenvalue weighted by Gasteiger charge is 2.54. The van der Waals surface area contributed by atoms with Gasteiger partial charge < -0.3 is 0 Å². The van der Waals surface area contributed by atoms with Crippen LogP contribution in [0.25, 0.3) is 113 Å². The molecule has 15 aromatic rings. The second-order valence-corrected chi connectivity index (χ2v) is 27.1. The first-order chi connectivity index (χ1) is 48.4. The maximum absolute atomic E-state index is 10.9. The van der Waals surface area contributed by atoms with Gasteiger partial charge in [-0.25, -0.2) is 29.9 Å². The molecule has 0 N–H and O–H groups in total. The summed E-state index contributed by atoms with van der Waals surface area (Å²) in [6.07, 6.45) is 0. The topological polar surface area (TPSA) is 125 Å². The number of hydrogen-bond donors (Lipinski definition) is 0. The lowest BCUT2D eigenvalue weighted by Gasteiger charge is -2.41. The van der Waals surface area contributed by atoms with Crippen molar-refractivity contribution in [2.45, 2.75) is 30.4 Å². The molecule has 454 valence electrons. The summed E-state index contributed by atoms with van der Waals surface area (Å²) in [4.78, 5) is 35.8. The zero-order valence-electron chi connectivity index (χ0n) is 52.3. The summed E-state index contributed by atoms with van der Waals surface area (Å²) < 4.78 is 0. The third-order valence-electron chi connectivity index (χ3n) is 19.8. The van der Waals surface area contributed by atoms with Gasteiger partial charge in [-0.05, 0) is 156 Å². The van der Waals surface area contributed by atoms with Crippen LogP contribution in [0.2, 0.25) is 0 Å². The summed E-state index contributed by atoms with van der Waals surface area (Å²) in [5.74, 6) is 3.42. The van der Waals surface area contributed by atoms with Crippen molar-refractivity contribution in [3.63, 3.8) is 0 Å². The van der Waals surface area contributed by atoms with E-state index in [4.69, 9.17) is 29.9 Å². The number of benzene rings is 13. The average Bonchev–Trinajstić information content (AvgIpc) is 1.46. The molecule has 0 bridgehead atoms. The van der Waals surface area contributed by atoms with Gasteiger partial charge >= 0.3 is 0 Å². The summed E-state index contributed by atoms with van der Waals surface area (Å²) >= 11 is 3.51. The monoisotopic (exact) mass is 1280 g/mol. The van der Waals surface area contributed by atoms with E-state index in [0.717, 1.165) is 142 Å². The molecule has 0 radical (unpaired) electrons. The lowest BCUT2D eigenvalue weighted by Crippen LogP contribution is -2.32. The van der Waals surface area contributed by atoms with Gasteiger partial charge in [0.1, 0.15) is 0 Å². The number of nitriles is 2. The van der Waals surface area contributed by atoms with Crippen molar-refractivity contribution in [1.82, 2.24) is 29.9 Å². The van der Waals surface area contributed by atoms with Crippen molar-refractivity contribution in [2.75, 3.05) is 0 Å². The number of rotatable bonds is 8. The summed E-state index contributed by atoms with van der Waals surface area (Å²) in [7, 11) is 0. The summed E-state index contributed by atoms with van der Waals surface area (Å²) in [5.41, 5.74) is 21.9. The molecule has 1 unspecified atom stereocenters. The summed E-state index contributed by atoms with van der Waals surface area (Å²) in [5, 5.41) is 21.7. The second kappa shape index (κ2) is 22.6. The highest BCUT2D eigenvalue weighted by atomic mass is 32.2. The van der Waals surface area contributed by atoms with Crippen molar-refractivity contribution < 1.29 is 0 Å². The summed E-state index contributed by atoms with van der Waals surface area (Å²) in [6, 6.07) is 111. The number of fused-ring (bicyclic) bond motifs is 18. The number of nitrogens with zero attached hydrogens (tertiary/aromatic N) is 8. The number of aromatic nitrogens is 6. The van der Waals surface area contributed by atoms with Gasteiger partial charge in [0.15, 0.2) is 34.9 Å². The molecule has 19 rings (SSSR count). The van der Waals surface area contributed by atoms with E-state index < -0.39 is 10.8 Å². The molecule has 0 fully saturated rings. The Morgan fingerprint density at radius 1 is 0.235 bits per heavy atom. The molecule has 8 nitrogen and oxygen atoms in total. The van der Waals surface area contributed by atoms with E-state index in [1.165, 1.54) is 0 Å². The predicted octanol–water partition coefficient (Wildman–Crippen LogP) is 20.8. The minimum absolute atomic E-state index is 0.527. The zero-order valence-corrected chi connectivity index (χ0v) is 53.9. The van der Waals surface area contributed by atoms with Crippen LogP contribution in [0.3, 0.4) is 0 Å². The average molecular weight is 1280 g/mol. The van der Waals surface area contributed by atoms with Gasteiger partial charge in [0, 0.05) is 53.0 Å². The van der Waals surface area contributed by atoms with Gasteiger partial charge in [-0.1, -0.05) is 260 Å². The van der Waals surface area contributed by atoms with Crippen LogP contribution in [0.5, 0.6) is 0 Å². The van der Waals surface area contributed by atoms with Crippen molar-refractivity contribution in [3.8, 4) is 125 Å². The molecule has 2 aliphatic heterocycles. The smallest absolute Gasteiger partial charge is 0.164 e. The minimum Gasteiger partial charge on any atom is -0.208 e. The van der Waals surface area contributed by atoms with Gasteiger partial charge in [0.05, 0.1) is 34.1 Å². The highest BCUT2D eigenvalue weighted by Crippen LogP contribution is 2.67. The first-order valence-electron chi connectivity index (χ1n) is 32.5. The van der Waals surface area contributed by atoms with Crippen LogP contribution in [0, 0.1) is 22.7 Å². The Labute approximate surface area is 574 Å². The Kier molecular flexibility index (Phi) is 13.2. The van der Waals surface area contributed by atoms with E-state index in [0.29, 0.717) is 46.1 Å². The van der Waals surface area contributed by atoms with E-state index >= 15 is 0 Å². The van der Waals surface area contributed by atoms with E-state index in [-0.39, 0.29) is 0 Å². The maximum atomic E-state index is 10.9. The number of hydrogen-bond acceptors (Lipinski definition) is 10. The van der Waals surface area contributed by atoms with Crippen molar-refractivity contribution in [2.24, 2.45) is 0 Å². The Morgan fingerprint density at radius 3 is 1.11 bits per heavy atom. The standard InChI is InChI=1S/C88H50N8S2/c89-51-53-39-42-76-72(45-53)88(74-49-60(41-44-77(74)97-76)59-29-19-30-61(47-59)85-93-81(55-21-5-1-6-22-55)91-82(94-85)56-23-7-2-8-24-56)70-37-18-15-33-66(70)79-65(34-20-38-71(79)88)67-48-62(86-95-83(57-25-9-3-10-26-57)92-84(96-86)58-27-11-4-12-28-58)50-75-80(67)98-78-43-40-54(52-90)46-73(78)87(75)68-35-16-13-31-63(68)64-32-14-17-36-69(64)87/h1-50H. The normalized spacial score (nSPS) is 14.3. The van der Waals surface area contributed by atoms with E-state index in [2.05, 4.69) is 206 Å². The SMILES string of the molecule is N#Cc1ccc2c(c1)C1(c3ccccc3-c3ccccc31)c1cc(-c3nc(-c4ccccc4)nc(-c4ccccc4)n3)cc(-c3cccc4c3-c3ccccc3C43c4cc(C#N)ccc4Sc4ccc(-c5cccc(-c6nc(-c7ccccc7)nc(-c7ccccc7)n6)c5)cc43)c1S2. The lowest BCUT2D eigenvalue weighted by molar-refractivity contribution is 0.721. The van der Waals surface area contributed by atoms with Gasteiger partial charge in [-0.15, -0.1) is 0 Å². The fourth-order valence-corrected chi connectivity index (χ4v) is 18.0. The molecule has 10 heteroatoms. The van der Waals surface area contributed by atoms with E-state index in [1.54, 1.807) is 23.5 Å².